The predicted molar refractivity (Wildman–Crippen MR) is 80.6 cm³/mol. The van der Waals surface area contributed by atoms with Crippen molar-refractivity contribution in [2.45, 2.75) is 18.9 Å². The van der Waals surface area contributed by atoms with Crippen molar-refractivity contribution in [3.8, 4) is 0 Å². The van der Waals surface area contributed by atoms with Gasteiger partial charge in [-0.1, -0.05) is 28.4 Å². The zero-order valence-electron chi connectivity index (χ0n) is 10.9. The molecular formula is C14H15Cl2N3O. The van der Waals surface area contributed by atoms with Gasteiger partial charge in [0.05, 0.1) is 10.4 Å². The molecule has 0 radical (unpaired) electrons. The Balaban J connectivity index is 1.65. The van der Waals surface area contributed by atoms with Gasteiger partial charge in [-0.25, -0.2) is 0 Å². The van der Waals surface area contributed by atoms with Crippen LogP contribution in [0.25, 0.3) is 11.0 Å². The summed E-state index contributed by atoms with van der Waals surface area (Å²) in [6.07, 6.45) is 2.53. The number of rotatable bonds is 2. The van der Waals surface area contributed by atoms with Crippen molar-refractivity contribution in [3.05, 3.63) is 22.2 Å². The van der Waals surface area contributed by atoms with E-state index in [1.54, 1.807) is 6.07 Å². The molecular weight excluding hydrogens is 297 g/mol. The van der Waals surface area contributed by atoms with Crippen LogP contribution in [0.5, 0.6) is 0 Å². The number of nitrogens with zero attached hydrogens (tertiary/aromatic N) is 2. The number of benzene rings is 1. The Kier molecular flexibility index (Phi) is 3.05. The molecule has 1 N–H and O–H groups in total. The fraction of sp³-hybridized carbons (Fsp3) is 0.500. The SMILES string of the molecule is Clc1ccc2c(N[C@H]3CN4CCC3CC4)noc2c1Cl. The van der Waals surface area contributed by atoms with Crippen LogP contribution in [0.15, 0.2) is 16.7 Å². The largest absolute Gasteiger partial charge is 0.362 e. The maximum Gasteiger partial charge on any atom is 0.189 e. The van der Waals surface area contributed by atoms with E-state index in [9.17, 15) is 0 Å². The second-order valence-corrected chi connectivity index (χ2v) is 6.44. The molecule has 2 aromatic rings. The summed E-state index contributed by atoms with van der Waals surface area (Å²) in [4.78, 5) is 2.50. The van der Waals surface area contributed by atoms with Crippen molar-refractivity contribution < 1.29 is 4.52 Å². The number of fused-ring (bicyclic) bond motifs is 4. The second kappa shape index (κ2) is 4.79. The molecule has 0 saturated carbocycles. The molecule has 0 amide bonds. The van der Waals surface area contributed by atoms with Crippen LogP contribution in [0.3, 0.4) is 0 Å². The number of hydrogen-bond donors (Lipinski definition) is 1. The van der Waals surface area contributed by atoms with E-state index in [1.165, 1.54) is 25.9 Å². The average molecular weight is 312 g/mol. The smallest absolute Gasteiger partial charge is 0.189 e. The highest BCUT2D eigenvalue weighted by Gasteiger charge is 2.34. The summed E-state index contributed by atoms with van der Waals surface area (Å²) in [6, 6.07) is 4.13. The number of halogens is 2. The van der Waals surface area contributed by atoms with E-state index >= 15 is 0 Å². The lowest BCUT2D eigenvalue weighted by molar-refractivity contribution is 0.0973. The van der Waals surface area contributed by atoms with Gasteiger partial charge in [0.15, 0.2) is 11.4 Å². The fourth-order valence-electron chi connectivity index (χ4n) is 3.36. The maximum absolute atomic E-state index is 6.14. The molecule has 3 aliphatic heterocycles. The van der Waals surface area contributed by atoms with Crippen LogP contribution in [0.1, 0.15) is 12.8 Å². The third-order valence-corrected chi connectivity index (χ3v) is 5.30. The van der Waals surface area contributed by atoms with Crippen LogP contribution >= 0.6 is 23.2 Å². The molecule has 0 unspecified atom stereocenters. The molecule has 0 spiro atoms. The summed E-state index contributed by atoms with van der Waals surface area (Å²) in [6.45, 7) is 3.54. The van der Waals surface area contributed by atoms with Crippen molar-refractivity contribution in [2.24, 2.45) is 5.92 Å². The van der Waals surface area contributed by atoms with E-state index < -0.39 is 0 Å². The van der Waals surface area contributed by atoms with Gasteiger partial charge in [-0.05, 0) is 44.0 Å². The lowest BCUT2D eigenvalue weighted by Gasteiger charge is -2.44. The summed E-state index contributed by atoms with van der Waals surface area (Å²) in [5.41, 5.74) is 0.558. The van der Waals surface area contributed by atoms with Crippen molar-refractivity contribution in [2.75, 3.05) is 25.0 Å². The molecule has 4 nitrogen and oxygen atoms in total. The normalized spacial score (nSPS) is 29.0. The highest BCUT2D eigenvalue weighted by atomic mass is 35.5. The Labute approximate surface area is 127 Å². The molecule has 5 rings (SSSR count). The first-order valence-electron chi connectivity index (χ1n) is 6.94. The molecule has 3 fully saturated rings. The monoisotopic (exact) mass is 311 g/mol. The lowest BCUT2D eigenvalue weighted by Crippen LogP contribution is -2.53. The van der Waals surface area contributed by atoms with Gasteiger partial charge >= 0.3 is 0 Å². The van der Waals surface area contributed by atoms with Gasteiger partial charge in [-0.2, -0.15) is 0 Å². The molecule has 3 aliphatic rings. The first-order chi connectivity index (χ1) is 9.72. The van der Waals surface area contributed by atoms with E-state index in [1.807, 2.05) is 6.07 Å². The molecule has 2 bridgehead atoms. The Morgan fingerprint density at radius 1 is 1.25 bits per heavy atom. The van der Waals surface area contributed by atoms with Gasteiger partial charge in [0.25, 0.3) is 0 Å². The summed E-state index contributed by atoms with van der Waals surface area (Å²) >= 11 is 12.1. The Hall–Kier alpha value is -0.970. The van der Waals surface area contributed by atoms with Gasteiger partial charge in [-0.3, -0.25) is 0 Å². The minimum Gasteiger partial charge on any atom is -0.362 e. The van der Waals surface area contributed by atoms with Crippen molar-refractivity contribution in [3.63, 3.8) is 0 Å². The standard InChI is InChI=1S/C14H15Cl2N3O/c15-10-2-1-9-13(12(10)16)20-18-14(9)17-11-7-19-5-3-8(11)4-6-19/h1-2,8,11H,3-7H2,(H,17,18)/t11-/m0/s1. The van der Waals surface area contributed by atoms with E-state index in [-0.39, 0.29) is 0 Å². The van der Waals surface area contributed by atoms with Crippen LogP contribution in [-0.4, -0.2) is 35.7 Å². The van der Waals surface area contributed by atoms with Crippen molar-refractivity contribution >= 4 is 40.0 Å². The number of anilines is 1. The highest BCUT2D eigenvalue weighted by Crippen LogP contribution is 2.36. The summed E-state index contributed by atoms with van der Waals surface area (Å²) in [7, 11) is 0. The number of piperidine rings is 3. The van der Waals surface area contributed by atoms with E-state index in [2.05, 4.69) is 15.4 Å². The first-order valence-corrected chi connectivity index (χ1v) is 7.70. The molecule has 1 aromatic heterocycles. The van der Waals surface area contributed by atoms with Gasteiger partial charge in [0, 0.05) is 12.6 Å². The zero-order valence-corrected chi connectivity index (χ0v) is 12.4. The van der Waals surface area contributed by atoms with Crippen LogP contribution in [0.4, 0.5) is 5.82 Å². The van der Waals surface area contributed by atoms with E-state index in [4.69, 9.17) is 27.7 Å². The maximum atomic E-state index is 6.14. The van der Waals surface area contributed by atoms with Crippen LogP contribution in [-0.2, 0) is 0 Å². The van der Waals surface area contributed by atoms with E-state index in [0.29, 0.717) is 21.7 Å². The van der Waals surface area contributed by atoms with Crippen molar-refractivity contribution in [1.29, 1.82) is 0 Å². The lowest BCUT2D eigenvalue weighted by atomic mass is 9.84. The Morgan fingerprint density at radius 2 is 2.05 bits per heavy atom. The van der Waals surface area contributed by atoms with Gasteiger partial charge in [0.1, 0.15) is 5.02 Å². The Morgan fingerprint density at radius 3 is 2.75 bits per heavy atom. The molecule has 1 atom stereocenters. The van der Waals surface area contributed by atoms with Crippen LogP contribution in [0.2, 0.25) is 10.0 Å². The molecule has 1 aromatic carbocycles. The summed E-state index contributed by atoms with van der Waals surface area (Å²) in [5, 5.41) is 9.48. The molecule has 106 valence electrons. The Bertz CT molecular complexity index is 649. The third-order valence-electron chi connectivity index (χ3n) is 4.51. The zero-order chi connectivity index (χ0) is 13.7. The minimum atomic E-state index is 0.429. The quantitative estimate of drug-likeness (QED) is 0.919. The molecule has 20 heavy (non-hydrogen) atoms. The molecule has 6 heteroatoms. The fourth-order valence-corrected chi connectivity index (χ4v) is 3.70. The highest BCUT2D eigenvalue weighted by molar-refractivity contribution is 6.45. The second-order valence-electron chi connectivity index (χ2n) is 5.66. The number of nitrogens with one attached hydrogen (secondary N) is 1. The molecule has 0 aliphatic carbocycles. The van der Waals surface area contributed by atoms with E-state index in [0.717, 1.165) is 23.7 Å². The van der Waals surface area contributed by atoms with Crippen LogP contribution < -0.4 is 5.32 Å². The molecule has 4 heterocycles. The van der Waals surface area contributed by atoms with Gasteiger partial charge in [0.2, 0.25) is 0 Å². The third kappa shape index (κ3) is 1.98. The number of aromatic nitrogens is 1. The first kappa shape index (κ1) is 12.7. The van der Waals surface area contributed by atoms with Gasteiger partial charge in [-0.15, -0.1) is 0 Å². The van der Waals surface area contributed by atoms with Crippen molar-refractivity contribution in [1.82, 2.24) is 10.1 Å². The topological polar surface area (TPSA) is 41.3 Å². The summed E-state index contributed by atoms with van der Waals surface area (Å²) in [5.74, 6) is 1.51. The van der Waals surface area contributed by atoms with Gasteiger partial charge < -0.3 is 14.7 Å². The summed E-state index contributed by atoms with van der Waals surface area (Å²) < 4.78 is 5.34. The predicted octanol–water partition coefficient (Wildman–Crippen LogP) is 3.64. The average Bonchev–Trinajstić information content (AvgIpc) is 2.88. The number of hydrogen-bond acceptors (Lipinski definition) is 4. The molecule has 3 saturated heterocycles. The minimum absolute atomic E-state index is 0.429. The van der Waals surface area contributed by atoms with Crippen LogP contribution in [0, 0.1) is 5.92 Å².